The van der Waals surface area contributed by atoms with Crippen molar-refractivity contribution < 1.29 is 23.8 Å². The first-order chi connectivity index (χ1) is 11.4. The molecule has 2 atom stereocenters. The maximum atomic E-state index is 12.3. The molecular weight excluding hydrogens is 310 g/mol. The summed E-state index contributed by atoms with van der Waals surface area (Å²) in [6.07, 6.45) is 1.42. The molecule has 0 radical (unpaired) electrons. The highest BCUT2D eigenvalue weighted by atomic mass is 16.6. The highest BCUT2D eigenvalue weighted by Gasteiger charge is 2.38. The van der Waals surface area contributed by atoms with Crippen LogP contribution in [0.5, 0.6) is 11.5 Å². The van der Waals surface area contributed by atoms with Gasteiger partial charge in [-0.25, -0.2) is 4.79 Å². The normalized spacial score (nSPS) is 22.7. The van der Waals surface area contributed by atoms with Gasteiger partial charge in [-0.1, -0.05) is 6.07 Å². The van der Waals surface area contributed by atoms with Crippen molar-refractivity contribution in [2.45, 2.75) is 51.4 Å². The molecule has 6 heteroatoms. The molecule has 1 amide bonds. The third-order valence-corrected chi connectivity index (χ3v) is 4.06. The van der Waals surface area contributed by atoms with Gasteiger partial charge in [0.2, 0.25) is 0 Å². The van der Waals surface area contributed by atoms with Crippen LogP contribution in [0, 0.1) is 0 Å². The number of benzene rings is 1. The van der Waals surface area contributed by atoms with Crippen LogP contribution in [0.2, 0.25) is 0 Å². The number of fused-ring (bicyclic) bond motifs is 1. The molecule has 6 nitrogen and oxygen atoms in total. The van der Waals surface area contributed by atoms with Gasteiger partial charge >= 0.3 is 6.09 Å². The van der Waals surface area contributed by atoms with Crippen molar-refractivity contribution in [1.29, 1.82) is 0 Å². The van der Waals surface area contributed by atoms with E-state index >= 15 is 0 Å². The molecule has 24 heavy (non-hydrogen) atoms. The van der Waals surface area contributed by atoms with Crippen LogP contribution in [-0.2, 0) is 16.0 Å². The van der Waals surface area contributed by atoms with Crippen LogP contribution < -0.4 is 9.47 Å². The first-order valence-corrected chi connectivity index (χ1v) is 8.23. The largest absolute Gasteiger partial charge is 0.493 e. The van der Waals surface area contributed by atoms with E-state index in [9.17, 15) is 9.59 Å². The van der Waals surface area contributed by atoms with Gasteiger partial charge in [-0.2, -0.15) is 0 Å². The molecule has 1 aromatic rings. The maximum absolute atomic E-state index is 12.3. The Morgan fingerprint density at radius 1 is 1.38 bits per heavy atom. The number of rotatable bonds is 3. The SMILES string of the molecule is CC(C)(C)OC(=O)N1C[C@@H](Oc2ccc3c(c2)OCC3)C[C@H]1C=O. The molecule has 2 heterocycles. The van der Waals surface area contributed by atoms with Gasteiger partial charge in [-0.15, -0.1) is 0 Å². The Hall–Kier alpha value is -2.24. The van der Waals surface area contributed by atoms with E-state index in [2.05, 4.69) is 0 Å². The van der Waals surface area contributed by atoms with Crippen LogP contribution in [-0.4, -0.2) is 48.2 Å². The van der Waals surface area contributed by atoms with E-state index < -0.39 is 17.7 Å². The van der Waals surface area contributed by atoms with Crippen LogP contribution in [0.3, 0.4) is 0 Å². The Morgan fingerprint density at radius 3 is 2.88 bits per heavy atom. The number of carbonyl (C=O) groups excluding carboxylic acids is 2. The quantitative estimate of drug-likeness (QED) is 0.796. The van der Waals surface area contributed by atoms with Gasteiger partial charge in [-0.05, 0) is 32.4 Å². The summed E-state index contributed by atoms with van der Waals surface area (Å²) in [4.78, 5) is 25.0. The number of nitrogens with zero attached hydrogens (tertiary/aromatic N) is 1. The fourth-order valence-electron chi connectivity index (χ4n) is 2.98. The molecule has 3 rings (SSSR count). The zero-order chi connectivity index (χ0) is 17.3. The van der Waals surface area contributed by atoms with E-state index in [0.717, 1.165) is 18.5 Å². The number of amides is 1. The highest BCUT2D eigenvalue weighted by Crippen LogP contribution is 2.31. The van der Waals surface area contributed by atoms with Gasteiger partial charge in [0, 0.05) is 18.9 Å². The number of carbonyl (C=O) groups is 2. The van der Waals surface area contributed by atoms with Crippen LogP contribution in [0.1, 0.15) is 32.8 Å². The second-order valence-electron chi connectivity index (χ2n) is 7.18. The van der Waals surface area contributed by atoms with Crippen molar-refractivity contribution >= 4 is 12.4 Å². The molecule has 0 bridgehead atoms. The molecule has 0 unspecified atom stereocenters. The molecule has 0 aromatic heterocycles. The Morgan fingerprint density at radius 2 is 2.17 bits per heavy atom. The Labute approximate surface area is 141 Å². The van der Waals surface area contributed by atoms with E-state index in [0.29, 0.717) is 25.3 Å². The van der Waals surface area contributed by atoms with Gasteiger partial charge in [0.15, 0.2) is 0 Å². The van der Waals surface area contributed by atoms with E-state index in [1.807, 2.05) is 18.2 Å². The van der Waals surface area contributed by atoms with Crippen LogP contribution in [0.25, 0.3) is 0 Å². The number of hydrogen-bond acceptors (Lipinski definition) is 5. The Balaban J connectivity index is 1.65. The summed E-state index contributed by atoms with van der Waals surface area (Å²) in [6.45, 7) is 6.43. The molecule has 1 fully saturated rings. The zero-order valence-corrected chi connectivity index (χ0v) is 14.3. The molecule has 0 saturated carbocycles. The predicted octanol–water partition coefficient (Wildman–Crippen LogP) is 2.58. The number of hydrogen-bond donors (Lipinski definition) is 0. The van der Waals surface area contributed by atoms with Gasteiger partial charge in [0.1, 0.15) is 29.5 Å². The number of aldehydes is 1. The van der Waals surface area contributed by atoms with Crippen molar-refractivity contribution in [3.05, 3.63) is 23.8 Å². The summed E-state index contributed by atoms with van der Waals surface area (Å²) in [7, 11) is 0. The fraction of sp³-hybridized carbons (Fsp3) is 0.556. The van der Waals surface area contributed by atoms with Crippen molar-refractivity contribution in [2.24, 2.45) is 0 Å². The Kier molecular flexibility index (Phi) is 4.39. The minimum absolute atomic E-state index is 0.243. The summed E-state index contributed by atoms with van der Waals surface area (Å²) in [6, 6.07) is 5.25. The second-order valence-corrected chi connectivity index (χ2v) is 7.18. The van der Waals surface area contributed by atoms with Gasteiger partial charge < -0.3 is 19.0 Å². The minimum Gasteiger partial charge on any atom is -0.493 e. The first kappa shape index (κ1) is 16.6. The molecule has 130 valence electrons. The summed E-state index contributed by atoms with van der Waals surface area (Å²) in [5.41, 5.74) is 0.579. The van der Waals surface area contributed by atoms with Gasteiger partial charge in [0.25, 0.3) is 0 Å². The molecule has 0 N–H and O–H groups in total. The van der Waals surface area contributed by atoms with Gasteiger partial charge in [-0.3, -0.25) is 4.90 Å². The lowest BCUT2D eigenvalue weighted by Crippen LogP contribution is -2.41. The monoisotopic (exact) mass is 333 g/mol. The first-order valence-electron chi connectivity index (χ1n) is 8.23. The van der Waals surface area contributed by atoms with E-state index in [1.165, 1.54) is 10.5 Å². The third kappa shape index (κ3) is 3.63. The number of likely N-dealkylation sites (tertiary alicyclic amines) is 1. The summed E-state index contributed by atoms with van der Waals surface area (Å²) < 4.78 is 16.9. The second kappa shape index (κ2) is 6.34. The average molecular weight is 333 g/mol. The predicted molar refractivity (Wildman–Crippen MR) is 87.5 cm³/mol. The Bertz CT molecular complexity index is 637. The van der Waals surface area contributed by atoms with Crippen LogP contribution >= 0.6 is 0 Å². The van der Waals surface area contributed by atoms with E-state index in [4.69, 9.17) is 14.2 Å². The van der Waals surface area contributed by atoms with E-state index in [1.54, 1.807) is 20.8 Å². The molecule has 0 spiro atoms. The highest BCUT2D eigenvalue weighted by molar-refractivity contribution is 5.74. The third-order valence-electron chi connectivity index (χ3n) is 4.06. The summed E-state index contributed by atoms with van der Waals surface area (Å²) in [5.74, 6) is 1.54. The topological polar surface area (TPSA) is 65.1 Å². The fourth-order valence-corrected chi connectivity index (χ4v) is 2.98. The van der Waals surface area contributed by atoms with Crippen LogP contribution in [0.15, 0.2) is 18.2 Å². The molecule has 2 aliphatic heterocycles. The van der Waals surface area contributed by atoms with Crippen molar-refractivity contribution in [1.82, 2.24) is 4.90 Å². The minimum atomic E-state index is -0.596. The number of ether oxygens (including phenoxy) is 3. The zero-order valence-electron chi connectivity index (χ0n) is 14.3. The molecule has 1 saturated heterocycles. The van der Waals surface area contributed by atoms with Crippen LogP contribution in [0.4, 0.5) is 4.79 Å². The maximum Gasteiger partial charge on any atom is 0.411 e. The van der Waals surface area contributed by atoms with E-state index in [-0.39, 0.29) is 6.10 Å². The lowest BCUT2D eigenvalue weighted by atomic mass is 10.1. The van der Waals surface area contributed by atoms with Crippen molar-refractivity contribution in [3.8, 4) is 11.5 Å². The summed E-state index contributed by atoms with van der Waals surface area (Å²) >= 11 is 0. The lowest BCUT2D eigenvalue weighted by molar-refractivity contribution is -0.111. The van der Waals surface area contributed by atoms with Crippen molar-refractivity contribution in [3.63, 3.8) is 0 Å². The standard InChI is InChI=1S/C18H23NO5/c1-18(2,3)24-17(21)19-10-15(8-13(19)11-20)23-14-5-4-12-6-7-22-16(12)9-14/h4-5,9,11,13,15H,6-8,10H2,1-3H3/t13-,15-/m0/s1. The molecular formula is C18H23NO5. The van der Waals surface area contributed by atoms with Crippen molar-refractivity contribution in [2.75, 3.05) is 13.2 Å². The van der Waals surface area contributed by atoms with Gasteiger partial charge in [0.05, 0.1) is 19.2 Å². The molecule has 1 aromatic carbocycles. The lowest BCUT2D eigenvalue weighted by Gasteiger charge is -2.26. The average Bonchev–Trinajstić information content (AvgIpc) is 3.11. The molecule has 2 aliphatic rings. The smallest absolute Gasteiger partial charge is 0.411 e. The summed E-state index contributed by atoms with van der Waals surface area (Å²) in [5, 5.41) is 0. The molecule has 0 aliphatic carbocycles.